The number of anilines is 1. The summed E-state index contributed by atoms with van der Waals surface area (Å²) in [5.74, 6) is 1.25. The van der Waals surface area contributed by atoms with E-state index in [1.54, 1.807) is 0 Å². The molecule has 1 N–H and O–H groups in total. The van der Waals surface area contributed by atoms with Crippen molar-refractivity contribution in [2.75, 3.05) is 37.7 Å². The van der Waals surface area contributed by atoms with E-state index in [-0.39, 0.29) is 58.3 Å². The highest BCUT2D eigenvalue weighted by atomic mass is 19.1. The molecule has 2 aromatic heterocycles. The number of nitrogens with zero attached hydrogens (tertiary/aromatic N) is 5. The van der Waals surface area contributed by atoms with Gasteiger partial charge in [-0.25, -0.2) is 13.2 Å². The number of hydrogen-bond donors (Lipinski definition) is 1. The van der Waals surface area contributed by atoms with E-state index < -0.39 is 23.3 Å². The molecule has 0 radical (unpaired) electrons. The Labute approximate surface area is 245 Å². The predicted molar refractivity (Wildman–Crippen MR) is 154 cm³/mol. The van der Waals surface area contributed by atoms with Crippen LogP contribution in [0, 0.1) is 24.0 Å². The van der Waals surface area contributed by atoms with Crippen molar-refractivity contribution in [3.8, 4) is 35.4 Å². The highest BCUT2D eigenvalue weighted by Crippen LogP contribution is 2.42. The van der Waals surface area contributed by atoms with Crippen LogP contribution in [0.2, 0.25) is 0 Å². The highest BCUT2D eigenvalue weighted by molar-refractivity contribution is 6.03. The molecule has 8 nitrogen and oxygen atoms in total. The van der Waals surface area contributed by atoms with Gasteiger partial charge in [0.05, 0.1) is 28.7 Å². The zero-order valence-electron chi connectivity index (χ0n) is 23.2. The van der Waals surface area contributed by atoms with E-state index in [0.29, 0.717) is 42.6 Å². The molecule has 2 unspecified atom stereocenters. The third-order valence-electron chi connectivity index (χ3n) is 9.38. The summed E-state index contributed by atoms with van der Waals surface area (Å²) in [5, 5.41) is 11.6. The zero-order valence-corrected chi connectivity index (χ0v) is 23.2. The third-order valence-corrected chi connectivity index (χ3v) is 9.38. The molecule has 9 rings (SSSR count). The van der Waals surface area contributed by atoms with Crippen molar-refractivity contribution in [2.24, 2.45) is 0 Å². The number of aromatic hydroxyl groups is 1. The maximum atomic E-state index is 16.6. The van der Waals surface area contributed by atoms with E-state index >= 15 is 4.39 Å². The van der Waals surface area contributed by atoms with Gasteiger partial charge in [-0.2, -0.15) is 9.97 Å². The molecule has 0 saturated carbocycles. The van der Waals surface area contributed by atoms with Crippen molar-refractivity contribution in [1.82, 2.24) is 19.9 Å². The standard InChI is InChI=1S/C32H28F3N5O3/c1-2-22-25(34)5-4-17-8-19(41)9-23(26(17)22)28-27(35)29-24(12-36-28)30(39-14-20-10-21(15-39)43-20)38-31(37-29)42-16-32-6-3-7-40(32)13-18(33)11-32/h1,4-5,8-9,12,18,20-21,41H,3,6-7,10-11,13-16H2/t18-,20?,21?,32+/m1/s1. The van der Waals surface area contributed by atoms with E-state index in [0.717, 1.165) is 25.8 Å². The van der Waals surface area contributed by atoms with E-state index in [9.17, 15) is 13.9 Å². The average Bonchev–Trinajstić information content (AvgIpc) is 3.51. The molecular weight excluding hydrogens is 559 g/mol. The normalized spacial score (nSPS) is 26.5. The number of alkyl halides is 1. The first-order chi connectivity index (χ1) is 20.8. The molecule has 0 amide bonds. The van der Waals surface area contributed by atoms with Crippen LogP contribution in [0.1, 0.15) is 31.2 Å². The lowest BCUT2D eigenvalue weighted by Crippen LogP contribution is -2.57. The topological polar surface area (TPSA) is 83.8 Å². The fourth-order valence-corrected chi connectivity index (χ4v) is 7.44. The minimum Gasteiger partial charge on any atom is -0.508 e. The van der Waals surface area contributed by atoms with Crippen LogP contribution in [0.15, 0.2) is 30.5 Å². The SMILES string of the molecule is C#Cc1c(F)ccc2cc(O)cc(-c3ncc4c(N5CC6CC(C5)O6)nc(OC[C@@]56CCCN5C[C@H](F)C6)nc4c3F)c12. The Bertz CT molecular complexity index is 1830. The average molecular weight is 588 g/mol. The number of halogens is 3. The van der Waals surface area contributed by atoms with Crippen molar-refractivity contribution < 1.29 is 27.8 Å². The number of ether oxygens (including phenoxy) is 2. The molecule has 7 heterocycles. The lowest BCUT2D eigenvalue weighted by molar-refractivity contribution is -0.133. The second-order valence-corrected chi connectivity index (χ2v) is 12.1. The van der Waals surface area contributed by atoms with Crippen LogP contribution in [-0.4, -0.2) is 81.7 Å². The second-order valence-electron chi connectivity index (χ2n) is 12.1. The Morgan fingerprint density at radius 1 is 1.16 bits per heavy atom. The lowest BCUT2D eigenvalue weighted by atomic mass is 9.95. The van der Waals surface area contributed by atoms with Crippen LogP contribution in [0.4, 0.5) is 19.0 Å². The number of pyridine rings is 1. The number of fused-ring (bicyclic) bond motifs is 5. The molecule has 4 aromatic rings. The van der Waals surface area contributed by atoms with Gasteiger partial charge < -0.3 is 19.5 Å². The van der Waals surface area contributed by atoms with Crippen LogP contribution in [-0.2, 0) is 4.74 Å². The largest absolute Gasteiger partial charge is 0.508 e. The molecule has 4 atom stereocenters. The van der Waals surface area contributed by atoms with Crippen molar-refractivity contribution >= 4 is 27.5 Å². The number of morpholine rings is 1. The third kappa shape index (κ3) is 4.18. The second kappa shape index (κ2) is 9.69. The molecule has 5 aliphatic rings. The molecule has 5 aliphatic heterocycles. The van der Waals surface area contributed by atoms with Crippen LogP contribution in [0.25, 0.3) is 32.9 Å². The summed E-state index contributed by atoms with van der Waals surface area (Å²) in [4.78, 5) is 17.8. The molecule has 220 valence electrons. The van der Waals surface area contributed by atoms with Crippen molar-refractivity contribution in [3.05, 3.63) is 47.7 Å². The van der Waals surface area contributed by atoms with Gasteiger partial charge in [0, 0.05) is 49.6 Å². The van der Waals surface area contributed by atoms with Gasteiger partial charge in [0.2, 0.25) is 0 Å². The summed E-state index contributed by atoms with van der Waals surface area (Å²) in [6, 6.07) is 5.42. The summed E-state index contributed by atoms with van der Waals surface area (Å²) in [7, 11) is 0. The fraction of sp³-hybridized carbons (Fsp3) is 0.406. The number of phenolic OH excluding ortho intramolecular Hbond substituents is 1. The zero-order chi connectivity index (χ0) is 29.5. The fourth-order valence-electron chi connectivity index (χ4n) is 7.44. The summed E-state index contributed by atoms with van der Waals surface area (Å²) < 4.78 is 57.8. The predicted octanol–water partition coefficient (Wildman–Crippen LogP) is 4.74. The number of benzene rings is 2. The monoisotopic (exact) mass is 587 g/mol. The quantitative estimate of drug-likeness (QED) is 0.336. The lowest BCUT2D eigenvalue weighted by Gasteiger charge is -2.47. The number of rotatable bonds is 5. The van der Waals surface area contributed by atoms with Gasteiger partial charge in [0.15, 0.2) is 5.82 Å². The maximum Gasteiger partial charge on any atom is 0.319 e. The van der Waals surface area contributed by atoms with E-state index in [2.05, 4.69) is 20.8 Å². The molecule has 11 heteroatoms. The summed E-state index contributed by atoms with van der Waals surface area (Å²) in [6.07, 6.45) is 9.44. The van der Waals surface area contributed by atoms with Gasteiger partial charge in [-0.15, -0.1) is 6.42 Å². The van der Waals surface area contributed by atoms with Gasteiger partial charge in [0.25, 0.3) is 0 Å². The number of aromatic nitrogens is 3. The highest BCUT2D eigenvalue weighted by Gasteiger charge is 2.49. The van der Waals surface area contributed by atoms with Gasteiger partial charge in [-0.05, 0) is 43.0 Å². The molecule has 43 heavy (non-hydrogen) atoms. The minimum atomic E-state index is -0.919. The molecule has 0 spiro atoms. The first kappa shape index (κ1) is 26.5. The molecule has 2 aromatic carbocycles. The molecule has 5 fully saturated rings. The van der Waals surface area contributed by atoms with Crippen molar-refractivity contribution in [2.45, 2.75) is 49.6 Å². The van der Waals surface area contributed by atoms with E-state index in [4.69, 9.17) is 20.9 Å². The number of piperidine rings is 1. The van der Waals surface area contributed by atoms with Gasteiger partial charge in [0.1, 0.15) is 41.4 Å². The molecular formula is C32H28F3N5O3. The van der Waals surface area contributed by atoms with Crippen LogP contribution >= 0.6 is 0 Å². The van der Waals surface area contributed by atoms with Crippen LogP contribution < -0.4 is 9.64 Å². The number of terminal acetylenes is 1. The van der Waals surface area contributed by atoms with E-state index in [1.165, 1.54) is 30.5 Å². The summed E-state index contributed by atoms with van der Waals surface area (Å²) in [6.45, 7) is 2.54. The number of hydrogen-bond acceptors (Lipinski definition) is 8. The van der Waals surface area contributed by atoms with Crippen molar-refractivity contribution in [3.63, 3.8) is 0 Å². The Hall–Kier alpha value is -4.14. The Balaban J connectivity index is 1.27. The van der Waals surface area contributed by atoms with Crippen LogP contribution in [0.3, 0.4) is 0 Å². The maximum absolute atomic E-state index is 16.6. The van der Waals surface area contributed by atoms with Crippen LogP contribution in [0.5, 0.6) is 11.8 Å². The van der Waals surface area contributed by atoms with Gasteiger partial charge >= 0.3 is 6.01 Å². The summed E-state index contributed by atoms with van der Waals surface area (Å²) >= 11 is 0. The van der Waals surface area contributed by atoms with Gasteiger partial charge in [-0.1, -0.05) is 12.0 Å². The smallest absolute Gasteiger partial charge is 0.319 e. The first-order valence-electron chi connectivity index (χ1n) is 14.5. The minimum absolute atomic E-state index is 0.0154. The van der Waals surface area contributed by atoms with Crippen molar-refractivity contribution in [1.29, 1.82) is 0 Å². The number of phenols is 1. The summed E-state index contributed by atoms with van der Waals surface area (Å²) in [5.41, 5.74) is -0.533. The Morgan fingerprint density at radius 2 is 1.98 bits per heavy atom. The van der Waals surface area contributed by atoms with E-state index in [1.807, 2.05) is 4.90 Å². The Morgan fingerprint density at radius 3 is 2.77 bits per heavy atom. The van der Waals surface area contributed by atoms with Gasteiger partial charge in [-0.3, -0.25) is 9.88 Å². The molecule has 2 bridgehead atoms. The molecule has 5 saturated heterocycles. The molecule has 0 aliphatic carbocycles. The first-order valence-corrected chi connectivity index (χ1v) is 14.5. The Kier molecular flexibility index (Phi) is 5.97.